The zero-order chi connectivity index (χ0) is 27.5. The van der Waals surface area contributed by atoms with Gasteiger partial charge in [0.05, 0.1) is 28.0 Å². The van der Waals surface area contributed by atoms with Gasteiger partial charge in [0.15, 0.2) is 0 Å². The largest absolute Gasteiger partial charge is 0.411 e. The molecule has 12 heteroatoms. The van der Waals surface area contributed by atoms with Crippen LogP contribution in [0.1, 0.15) is 52.6 Å². The van der Waals surface area contributed by atoms with Gasteiger partial charge in [0.25, 0.3) is 23.6 Å². The van der Waals surface area contributed by atoms with E-state index >= 15 is 0 Å². The second-order valence-electron chi connectivity index (χ2n) is 8.03. The number of halogens is 6. The Labute approximate surface area is 204 Å². The van der Waals surface area contributed by atoms with Crippen molar-refractivity contribution in [3.8, 4) is 0 Å². The lowest BCUT2D eigenvalue weighted by Gasteiger charge is -2.38. The van der Waals surface area contributed by atoms with Gasteiger partial charge in [-0.3, -0.25) is 24.5 Å². The molecule has 6 nitrogen and oxygen atoms in total. The number of carbonyl (C=O) groups excluding carboxylic acids is 4. The number of allylic oxidation sites excluding steroid dienone is 3. The van der Waals surface area contributed by atoms with E-state index in [9.17, 15) is 45.5 Å². The van der Waals surface area contributed by atoms with Gasteiger partial charge in [-0.25, -0.2) is 4.90 Å². The monoisotopic (exact) mass is 520 g/mol. The summed E-state index contributed by atoms with van der Waals surface area (Å²) in [7, 11) is 0. The number of nitrogens with zero attached hydrogens (tertiary/aromatic N) is 1. The fraction of sp³-hybridized carbons (Fsp3) is 0.120. The molecule has 2 aliphatic heterocycles. The Bertz CT molecular complexity index is 1440. The number of benzene rings is 2. The number of alkyl halides is 6. The van der Waals surface area contributed by atoms with Crippen molar-refractivity contribution in [1.82, 2.24) is 10.2 Å². The molecule has 2 aromatic rings. The summed E-state index contributed by atoms with van der Waals surface area (Å²) in [6.07, 6.45) is -8.56. The maximum absolute atomic E-state index is 14.6. The van der Waals surface area contributed by atoms with Crippen LogP contribution in [0.4, 0.5) is 26.3 Å². The van der Waals surface area contributed by atoms with Crippen LogP contribution in [0.2, 0.25) is 0 Å². The first-order valence-corrected chi connectivity index (χ1v) is 10.3. The van der Waals surface area contributed by atoms with Crippen molar-refractivity contribution in [2.24, 2.45) is 0 Å². The van der Waals surface area contributed by atoms with Gasteiger partial charge in [-0.05, 0) is 47.5 Å². The van der Waals surface area contributed by atoms with Gasteiger partial charge in [0.2, 0.25) is 5.41 Å². The molecule has 0 unspecified atom stereocenters. The number of nitrogens with one attached hydrogen (secondary N) is 1. The van der Waals surface area contributed by atoms with Crippen molar-refractivity contribution in [3.05, 3.63) is 107 Å². The molecule has 4 amide bonds. The van der Waals surface area contributed by atoms with Crippen LogP contribution in [0, 0.1) is 0 Å². The van der Waals surface area contributed by atoms with Crippen molar-refractivity contribution in [3.63, 3.8) is 0 Å². The summed E-state index contributed by atoms with van der Waals surface area (Å²) in [5.41, 5.74) is -9.77. The molecule has 37 heavy (non-hydrogen) atoms. The van der Waals surface area contributed by atoms with E-state index in [1.165, 1.54) is 12.2 Å². The van der Waals surface area contributed by atoms with Gasteiger partial charge in [-0.15, -0.1) is 0 Å². The number of amides is 4. The highest BCUT2D eigenvalue weighted by molar-refractivity contribution is 6.23. The van der Waals surface area contributed by atoms with E-state index in [2.05, 4.69) is 13.2 Å². The molecule has 0 spiro atoms. The highest BCUT2D eigenvalue weighted by Gasteiger charge is 2.73. The van der Waals surface area contributed by atoms with Crippen LogP contribution in [0.25, 0.3) is 0 Å². The summed E-state index contributed by atoms with van der Waals surface area (Å²) >= 11 is 0. The topological polar surface area (TPSA) is 83.6 Å². The Hall–Kier alpha value is -4.48. The zero-order valence-electron chi connectivity index (χ0n) is 18.5. The van der Waals surface area contributed by atoms with Crippen molar-refractivity contribution in [2.75, 3.05) is 0 Å². The van der Waals surface area contributed by atoms with Crippen molar-refractivity contribution in [1.29, 1.82) is 0 Å². The number of carbonyl (C=O) groups is 4. The first kappa shape index (κ1) is 25.6. The molecule has 0 saturated heterocycles. The second kappa shape index (κ2) is 8.29. The van der Waals surface area contributed by atoms with Gasteiger partial charge >= 0.3 is 12.4 Å². The molecule has 4 rings (SSSR count). The predicted octanol–water partition coefficient (Wildman–Crippen LogP) is 4.83. The van der Waals surface area contributed by atoms with Crippen LogP contribution >= 0.6 is 0 Å². The minimum absolute atomic E-state index is 0.0880. The molecule has 0 aromatic heterocycles. The molecule has 0 radical (unpaired) electrons. The van der Waals surface area contributed by atoms with Crippen LogP contribution in [0.15, 0.2) is 73.5 Å². The van der Waals surface area contributed by atoms with E-state index in [1.807, 2.05) is 0 Å². The normalized spacial score (nSPS) is 16.1. The number of hydrogen-bond acceptors (Lipinski definition) is 4. The maximum atomic E-state index is 14.6. The average Bonchev–Trinajstić information content (AvgIpc) is 3.22. The average molecular weight is 520 g/mol. The van der Waals surface area contributed by atoms with Crippen LogP contribution < -0.4 is 5.32 Å². The molecule has 0 saturated carbocycles. The lowest BCUT2D eigenvalue weighted by molar-refractivity contribution is -0.288. The van der Waals surface area contributed by atoms with Gasteiger partial charge in [-0.2, -0.15) is 26.3 Å². The highest BCUT2D eigenvalue weighted by atomic mass is 19.4. The lowest BCUT2D eigenvalue weighted by atomic mass is 9.71. The minimum Gasteiger partial charge on any atom is -0.288 e. The van der Waals surface area contributed by atoms with Crippen molar-refractivity contribution >= 4 is 23.6 Å². The summed E-state index contributed by atoms with van der Waals surface area (Å²) in [6, 6.07) is 3.02. The van der Waals surface area contributed by atoms with E-state index in [1.54, 1.807) is 5.32 Å². The van der Waals surface area contributed by atoms with Gasteiger partial charge in [0, 0.05) is 0 Å². The summed E-state index contributed by atoms with van der Waals surface area (Å²) < 4.78 is 87.4. The minimum atomic E-state index is -6.03. The molecule has 0 aliphatic carbocycles. The summed E-state index contributed by atoms with van der Waals surface area (Å²) in [6.45, 7) is 6.86. The van der Waals surface area contributed by atoms with E-state index < -0.39 is 69.2 Å². The highest BCUT2D eigenvalue weighted by Crippen LogP contribution is 2.57. The first-order valence-electron chi connectivity index (χ1n) is 10.3. The van der Waals surface area contributed by atoms with E-state index in [0.29, 0.717) is 41.3 Å². The van der Waals surface area contributed by atoms with Crippen molar-refractivity contribution in [2.45, 2.75) is 17.8 Å². The summed E-state index contributed by atoms with van der Waals surface area (Å²) in [5.74, 6) is -4.26. The van der Waals surface area contributed by atoms with E-state index in [0.717, 1.165) is 6.08 Å². The lowest BCUT2D eigenvalue weighted by Crippen LogP contribution is -2.55. The number of imide groups is 2. The van der Waals surface area contributed by atoms with Gasteiger partial charge < -0.3 is 0 Å². The second-order valence-corrected chi connectivity index (χ2v) is 8.03. The Morgan fingerprint density at radius 1 is 0.730 bits per heavy atom. The standard InChI is InChI=1S/C25H14F6N2O4/c1-3-5-14(4-2)33-21(36)16-9-7-13(11-18(16)22(33)37)23(24(26,27)28,25(29,30)31)12-6-8-15-17(10-12)20(35)32-19(15)34/h3-11H,1-2H2,(H,32,34,35)/b14-5+. The first-order chi connectivity index (χ1) is 17.2. The predicted molar refractivity (Wildman–Crippen MR) is 117 cm³/mol. The van der Waals surface area contributed by atoms with Gasteiger partial charge in [-0.1, -0.05) is 31.4 Å². The molecule has 1 N–H and O–H groups in total. The number of fused-ring (bicyclic) bond motifs is 2. The molecule has 0 fully saturated rings. The molecule has 0 bridgehead atoms. The molecule has 2 aliphatic rings. The van der Waals surface area contributed by atoms with Crippen LogP contribution in [0.3, 0.4) is 0 Å². The van der Waals surface area contributed by atoms with Gasteiger partial charge in [0.1, 0.15) is 0 Å². The number of rotatable bonds is 5. The fourth-order valence-corrected chi connectivity index (χ4v) is 4.45. The molecular weight excluding hydrogens is 506 g/mol. The molecular formula is C25H14F6N2O4. The molecule has 2 heterocycles. The van der Waals surface area contributed by atoms with Crippen LogP contribution in [0.5, 0.6) is 0 Å². The Morgan fingerprint density at radius 3 is 1.73 bits per heavy atom. The fourth-order valence-electron chi connectivity index (χ4n) is 4.45. The summed E-state index contributed by atoms with van der Waals surface area (Å²) in [4.78, 5) is 50.1. The SMILES string of the molecule is C=C/C=C(\C=C)N1C(=O)c2ccc(C(c3ccc4c(c3)C(=O)NC4=O)(C(F)(F)F)C(F)(F)F)cc2C1=O. The van der Waals surface area contributed by atoms with E-state index in [4.69, 9.17) is 0 Å². The quantitative estimate of drug-likeness (QED) is 0.348. The van der Waals surface area contributed by atoms with E-state index in [-0.39, 0.29) is 11.3 Å². The number of hydrogen-bond donors (Lipinski definition) is 1. The van der Waals surface area contributed by atoms with Crippen LogP contribution in [-0.4, -0.2) is 40.9 Å². The third-order valence-electron chi connectivity index (χ3n) is 6.09. The van der Waals surface area contributed by atoms with Crippen molar-refractivity contribution < 1.29 is 45.5 Å². The third kappa shape index (κ3) is 3.51. The smallest absolute Gasteiger partial charge is 0.288 e. The Kier molecular flexibility index (Phi) is 5.74. The molecule has 190 valence electrons. The zero-order valence-corrected chi connectivity index (χ0v) is 18.5. The Balaban J connectivity index is 2.00. The summed E-state index contributed by atoms with van der Waals surface area (Å²) in [5, 5.41) is 1.81. The maximum Gasteiger partial charge on any atom is 0.411 e. The molecule has 2 aromatic carbocycles. The van der Waals surface area contributed by atoms with Crippen LogP contribution in [-0.2, 0) is 5.41 Å². The third-order valence-corrected chi connectivity index (χ3v) is 6.09. The molecule has 0 atom stereocenters. The Morgan fingerprint density at radius 2 is 1.22 bits per heavy atom.